The Kier molecular flexibility index (Phi) is 6.95. The average Bonchev–Trinajstić information content (AvgIpc) is 2.92. The van der Waals surface area contributed by atoms with Crippen LogP contribution in [0.2, 0.25) is 0 Å². The van der Waals surface area contributed by atoms with Gasteiger partial charge in [0.1, 0.15) is 0 Å². The van der Waals surface area contributed by atoms with Gasteiger partial charge in [-0.25, -0.2) is 0 Å². The second-order valence-electron chi connectivity index (χ2n) is 5.42. The number of carbonyl (C=O) groups is 2. The van der Waals surface area contributed by atoms with Crippen molar-refractivity contribution in [1.29, 1.82) is 0 Å². The molecule has 1 fully saturated rings. The summed E-state index contributed by atoms with van der Waals surface area (Å²) < 4.78 is 4.92. The number of carbonyl (C=O) groups excluding carboxylic acids is 2. The van der Waals surface area contributed by atoms with Gasteiger partial charge in [0.15, 0.2) is 0 Å². The van der Waals surface area contributed by atoms with E-state index in [0.29, 0.717) is 19.7 Å². The van der Waals surface area contributed by atoms with Crippen LogP contribution in [0.5, 0.6) is 0 Å². The lowest BCUT2D eigenvalue weighted by Crippen LogP contribution is -2.47. The Labute approximate surface area is 121 Å². The summed E-state index contributed by atoms with van der Waals surface area (Å²) in [5.74, 6) is -0.0498. The third-order valence-electron chi connectivity index (χ3n) is 3.95. The summed E-state index contributed by atoms with van der Waals surface area (Å²) in [4.78, 5) is 25.8. The highest BCUT2D eigenvalue weighted by atomic mass is 16.5. The first-order valence-corrected chi connectivity index (χ1v) is 7.27. The largest absolute Gasteiger partial charge is 0.385 e. The van der Waals surface area contributed by atoms with Crippen molar-refractivity contribution >= 4 is 11.8 Å². The molecule has 1 unspecified atom stereocenters. The maximum absolute atomic E-state index is 12.5. The molecule has 0 radical (unpaired) electrons. The van der Waals surface area contributed by atoms with Gasteiger partial charge in [-0.15, -0.1) is 0 Å². The van der Waals surface area contributed by atoms with Gasteiger partial charge in [-0.1, -0.05) is 6.92 Å². The van der Waals surface area contributed by atoms with E-state index in [2.05, 4.69) is 10.6 Å². The van der Waals surface area contributed by atoms with Gasteiger partial charge >= 0.3 is 0 Å². The maximum atomic E-state index is 12.5. The number of hydrogen-bond acceptors (Lipinski definition) is 4. The van der Waals surface area contributed by atoms with Gasteiger partial charge in [-0.3, -0.25) is 9.59 Å². The van der Waals surface area contributed by atoms with Crippen LogP contribution in [-0.2, 0) is 14.3 Å². The third kappa shape index (κ3) is 4.45. The quantitative estimate of drug-likeness (QED) is 0.615. The number of ether oxygens (including phenoxy) is 1. The fourth-order valence-electron chi connectivity index (χ4n) is 2.57. The van der Waals surface area contributed by atoms with Crippen molar-refractivity contribution in [2.75, 3.05) is 46.9 Å². The van der Waals surface area contributed by atoms with E-state index in [1.54, 1.807) is 19.1 Å². The lowest BCUT2D eigenvalue weighted by molar-refractivity contribution is -0.142. The van der Waals surface area contributed by atoms with E-state index >= 15 is 0 Å². The molecule has 2 N–H and O–H groups in total. The fraction of sp³-hybridized carbons (Fsp3) is 0.857. The minimum Gasteiger partial charge on any atom is -0.385 e. The van der Waals surface area contributed by atoms with Crippen molar-refractivity contribution in [2.45, 2.75) is 26.2 Å². The molecule has 1 heterocycles. The maximum Gasteiger partial charge on any atom is 0.239 e. The first kappa shape index (κ1) is 16.9. The molecule has 0 spiro atoms. The minimum absolute atomic E-state index is 0.0667. The summed E-state index contributed by atoms with van der Waals surface area (Å²) in [6.45, 7) is 4.94. The van der Waals surface area contributed by atoms with E-state index < -0.39 is 0 Å². The molecule has 0 aromatic heterocycles. The molecule has 20 heavy (non-hydrogen) atoms. The Hall–Kier alpha value is -1.14. The zero-order chi connectivity index (χ0) is 15.0. The fourth-order valence-corrected chi connectivity index (χ4v) is 2.57. The molecule has 6 heteroatoms. The summed E-state index contributed by atoms with van der Waals surface area (Å²) in [5, 5.41) is 6.04. The molecule has 2 amide bonds. The highest BCUT2D eigenvalue weighted by Crippen LogP contribution is 2.31. The third-order valence-corrected chi connectivity index (χ3v) is 3.95. The molecular formula is C14H27N3O3. The zero-order valence-corrected chi connectivity index (χ0v) is 12.8. The Balaban J connectivity index is 2.39. The number of hydrogen-bond donors (Lipinski definition) is 2. The van der Waals surface area contributed by atoms with Crippen LogP contribution in [0.1, 0.15) is 26.2 Å². The minimum atomic E-state index is -0.328. The van der Waals surface area contributed by atoms with Crippen LogP contribution in [0.4, 0.5) is 0 Å². The first-order valence-electron chi connectivity index (χ1n) is 7.27. The second-order valence-corrected chi connectivity index (χ2v) is 5.42. The van der Waals surface area contributed by atoms with Gasteiger partial charge in [0.05, 0.1) is 12.0 Å². The van der Waals surface area contributed by atoms with Gasteiger partial charge in [0.25, 0.3) is 0 Å². The van der Waals surface area contributed by atoms with Gasteiger partial charge in [0, 0.05) is 33.9 Å². The molecule has 0 saturated carbocycles. The number of methoxy groups -OCH3 is 1. The average molecular weight is 285 g/mol. The van der Waals surface area contributed by atoms with Crippen molar-refractivity contribution < 1.29 is 14.3 Å². The summed E-state index contributed by atoms with van der Waals surface area (Å²) in [5.41, 5.74) is -0.328. The molecule has 1 atom stereocenters. The van der Waals surface area contributed by atoms with Crippen molar-refractivity contribution in [2.24, 2.45) is 5.41 Å². The predicted octanol–water partition coefficient (Wildman–Crippen LogP) is -0.0128. The molecular weight excluding hydrogens is 258 g/mol. The van der Waals surface area contributed by atoms with E-state index in [-0.39, 0.29) is 23.8 Å². The summed E-state index contributed by atoms with van der Waals surface area (Å²) in [6, 6.07) is 0. The molecule has 0 aliphatic carbocycles. The Morgan fingerprint density at radius 3 is 2.75 bits per heavy atom. The van der Waals surface area contributed by atoms with Crippen LogP contribution >= 0.6 is 0 Å². The number of rotatable bonds is 8. The van der Waals surface area contributed by atoms with E-state index in [1.807, 2.05) is 6.92 Å². The smallest absolute Gasteiger partial charge is 0.239 e. The van der Waals surface area contributed by atoms with Crippen LogP contribution in [-0.4, -0.2) is 63.7 Å². The number of nitrogens with one attached hydrogen (secondary N) is 2. The van der Waals surface area contributed by atoms with Gasteiger partial charge < -0.3 is 20.3 Å². The lowest BCUT2D eigenvalue weighted by Gasteiger charge is -2.30. The monoisotopic (exact) mass is 285 g/mol. The van der Waals surface area contributed by atoms with Crippen molar-refractivity contribution in [3.63, 3.8) is 0 Å². The molecule has 1 saturated heterocycles. The van der Waals surface area contributed by atoms with E-state index in [1.165, 1.54) is 0 Å². The molecule has 0 aromatic rings. The molecule has 0 bridgehead atoms. The highest BCUT2D eigenvalue weighted by molar-refractivity contribution is 5.88. The van der Waals surface area contributed by atoms with Gasteiger partial charge in [-0.05, 0) is 25.8 Å². The van der Waals surface area contributed by atoms with Crippen LogP contribution < -0.4 is 10.6 Å². The van der Waals surface area contributed by atoms with Crippen molar-refractivity contribution in [3.8, 4) is 0 Å². The molecule has 6 nitrogen and oxygen atoms in total. The predicted molar refractivity (Wildman–Crippen MR) is 77.4 cm³/mol. The number of likely N-dealkylation sites (N-methyl/N-ethyl adjacent to an activating group) is 1. The normalized spacial score (nSPS) is 21.8. The lowest BCUT2D eigenvalue weighted by atomic mass is 9.83. The molecule has 116 valence electrons. The Morgan fingerprint density at radius 2 is 2.20 bits per heavy atom. The van der Waals surface area contributed by atoms with Gasteiger partial charge in [-0.2, -0.15) is 0 Å². The second kappa shape index (κ2) is 8.21. The number of nitrogens with zero attached hydrogens (tertiary/aromatic N) is 1. The molecule has 0 aromatic carbocycles. The van der Waals surface area contributed by atoms with Crippen LogP contribution in [0.3, 0.4) is 0 Å². The molecule has 1 rings (SSSR count). The van der Waals surface area contributed by atoms with Crippen molar-refractivity contribution in [3.05, 3.63) is 0 Å². The SMILES string of the molecule is CCC1(C(=O)N(C)CC(=O)NCCCOC)CCNC1. The van der Waals surface area contributed by atoms with E-state index in [9.17, 15) is 9.59 Å². The summed E-state index contributed by atoms with van der Waals surface area (Å²) in [7, 11) is 3.33. The first-order chi connectivity index (χ1) is 9.55. The molecule has 1 aliphatic heterocycles. The van der Waals surface area contributed by atoms with Crippen LogP contribution in [0.15, 0.2) is 0 Å². The van der Waals surface area contributed by atoms with E-state index in [0.717, 1.165) is 25.8 Å². The Bertz CT molecular complexity index is 328. The zero-order valence-electron chi connectivity index (χ0n) is 12.8. The number of amides is 2. The summed E-state index contributed by atoms with van der Waals surface area (Å²) in [6.07, 6.45) is 2.43. The van der Waals surface area contributed by atoms with Crippen LogP contribution in [0, 0.1) is 5.41 Å². The standard InChI is InChI=1S/C14H27N3O3/c1-4-14(6-8-15-11-14)13(19)17(2)10-12(18)16-7-5-9-20-3/h15H,4-11H2,1-3H3,(H,16,18). The topological polar surface area (TPSA) is 70.7 Å². The van der Waals surface area contributed by atoms with Crippen molar-refractivity contribution in [1.82, 2.24) is 15.5 Å². The Morgan fingerprint density at radius 1 is 1.45 bits per heavy atom. The van der Waals surface area contributed by atoms with Gasteiger partial charge in [0.2, 0.25) is 11.8 Å². The highest BCUT2D eigenvalue weighted by Gasteiger charge is 2.41. The van der Waals surface area contributed by atoms with E-state index in [4.69, 9.17) is 4.74 Å². The summed E-state index contributed by atoms with van der Waals surface area (Å²) >= 11 is 0. The van der Waals surface area contributed by atoms with Crippen LogP contribution in [0.25, 0.3) is 0 Å². The molecule has 1 aliphatic rings.